The third kappa shape index (κ3) is 5.33. The predicted octanol–water partition coefficient (Wildman–Crippen LogP) is 0.900. The maximum absolute atomic E-state index is 8.74. The van der Waals surface area contributed by atoms with Gasteiger partial charge in [0.1, 0.15) is 0 Å². The summed E-state index contributed by atoms with van der Waals surface area (Å²) in [7, 11) is -4.67. The first-order valence-electron chi connectivity index (χ1n) is 4.04. The quantitative estimate of drug-likeness (QED) is 0.511. The first kappa shape index (κ1) is 11.9. The molecule has 0 atom stereocenters. The van der Waals surface area contributed by atoms with E-state index >= 15 is 0 Å². The summed E-state index contributed by atoms with van der Waals surface area (Å²) >= 11 is 0. The van der Waals surface area contributed by atoms with Crippen LogP contribution in [0.1, 0.15) is 5.56 Å². The van der Waals surface area contributed by atoms with Crippen LogP contribution in [0.3, 0.4) is 0 Å². The third-order valence-corrected chi connectivity index (χ3v) is 1.58. The zero-order valence-electron chi connectivity index (χ0n) is 7.66. The summed E-state index contributed by atoms with van der Waals surface area (Å²) in [6, 6.07) is 7.91. The molecule has 1 aromatic rings. The third-order valence-electron chi connectivity index (χ3n) is 1.58. The van der Waals surface area contributed by atoms with Crippen molar-refractivity contribution >= 4 is 10.4 Å². The lowest BCUT2D eigenvalue weighted by Crippen LogP contribution is -2.10. The fourth-order valence-corrected chi connectivity index (χ4v) is 1.05. The number of benzene rings is 1. The van der Waals surface area contributed by atoms with Crippen LogP contribution in [0, 0.1) is 0 Å². The normalized spacial score (nSPS) is 14.3. The highest BCUT2D eigenvalue weighted by molar-refractivity contribution is 7.79. The predicted molar refractivity (Wildman–Crippen MR) is 50.9 cm³/mol. The van der Waals surface area contributed by atoms with E-state index in [2.05, 4.69) is 6.07 Å². The summed E-state index contributed by atoms with van der Waals surface area (Å²) in [5.41, 5.74) is 1.23. The van der Waals surface area contributed by atoms with Gasteiger partial charge >= 0.3 is 10.4 Å². The summed E-state index contributed by atoms with van der Waals surface area (Å²) in [6.07, 6.45) is 0.955. The van der Waals surface area contributed by atoms with Crippen molar-refractivity contribution in [1.29, 1.82) is 0 Å². The largest absolute Gasteiger partial charge is 0.394 e. The van der Waals surface area contributed by atoms with E-state index in [1.165, 1.54) is 5.56 Å². The number of para-hydroxylation sites is 1. The Morgan fingerprint density at radius 2 is 1.80 bits per heavy atom. The molecule has 0 saturated carbocycles. The molecule has 0 fully saturated rings. The van der Waals surface area contributed by atoms with Gasteiger partial charge < -0.3 is 4.89 Å². The molecule has 1 aliphatic rings. The molecule has 0 radical (unpaired) electrons. The summed E-state index contributed by atoms with van der Waals surface area (Å²) in [4.78, 5) is 9.72. The summed E-state index contributed by atoms with van der Waals surface area (Å²) in [5.74, 6) is 0.855. The smallest absolute Gasteiger partial charge is 0.337 e. The molecule has 0 aromatic heterocycles. The monoisotopic (exact) mass is 234 g/mol. The van der Waals surface area contributed by atoms with E-state index in [1.807, 2.05) is 18.2 Å². The minimum atomic E-state index is -4.67. The molecule has 84 valence electrons. The van der Waals surface area contributed by atoms with Crippen LogP contribution in [0.5, 0.6) is 5.75 Å². The van der Waals surface area contributed by atoms with E-state index in [0.29, 0.717) is 6.61 Å². The minimum absolute atomic E-state index is 0.664. The van der Waals surface area contributed by atoms with Crippen LogP contribution >= 0.6 is 0 Å². The lowest BCUT2D eigenvalue weighted by atomic mass is 10.1. The Labute approximate surface area is 86.9 Å². The molecule has 2 N–H and O–H groups in total. The molecule has 1 aliphatic heterocycles. The van der Waals surface area contributed by atoms with Gasteiger partial charge in [-0.25, -0.2) is 0 Å². The molecule has 7 heteroatoms. The first-order chi connectivity index (χ1) is 6.97. The number of rotatable bonds is 0. The van der Waals surface area contributed by atoms with Gasteiger partial charge in [0.2, 0.25) is 0 Å². The van der Waals surface area contributed by atoms with Crippen molar-refractivity contribution in [2.24, 2.45) is 0 Å². The Morgan fingerprint density at radius 3 is 2.40 bits per heavy atom. The van der Waals surface area contributed by atoms with Crippen LogP contribution < -0.4 is 4.89 Å². The zero-order valence-corrected chi connectivity index (χ0v) is 8.48. The van der Waals surface area contributed by atoms with Crippen LogP contribution in [-0.4, -0.2) is 24.1 Å². The molecule has 0 saturated heterocycles. The summed E-state index contributed by atoms with van der Waals surface area (Å²) in [5, 5.41) is 0. The van der Waals surface area contributed by atoms with Gasteiger partial charge in [-0.3, -0.25) is 9.11 Å². The van der Waals surface area contributed by atoms with E-state index in [-0.39, 0.29) is 0 Å². The molecule has 0 aliphatic carbocycles. The van der Waals surface area contributed by atoms with Gasteiger partial charge in [-0.05, 0) is 6.07 Å². The average Bonchev–Trinajstić information content (AvgIpc) is 2.16. The fourth-order valence-electron chi connectivity index (χ4n) is 1.05. The van der Waals surface area contributed by atoms with Crippen LogP contribution in [0.4, 0.5) is 0 Å². The molecule has 0 spiro atoms. The average molecular weight is 234 g/mol. The van der Waals surface area contributed by atoms with E-state index in [9.17, 15) is 0 Å². The Bertz CT molecular complexity index is 380. The van der Waals surface area contributed by atoms with Crippen molar-refractivity contribution in [1.82, 2.24) is 0 Å². The molecule has 1 heterocycles. The molecular formula is C8H10O6S. The van der Waals surface area contributed by atoms with Crippen LogP contribution in [0.2, 0.25) is 0 Å². The molecule has 1 aromatic carbocycles. The van der Waals surface area contributed by atoms with Crippen molar-refractivity contribution in [3.05, 3.63) is 29.8 Å². The highest BCUT2D eigenvalue weighted by Crippen LogP contribution is 2.21. The standard InChI is InChI=1S/C8H8O2.H2O4S/c1-2-4-8-7(3-1)5-6-9-10-8;1-5(2,3)4/h1-4H,5-6H2;(H2,1,2,3,4). The van der Waals surface area contributed by atoms with Crippen LogP contribution in [0.15, 0.2) is 24.3 Å². The van der Waals surface area contributed by atoms with Crippen LogP contribution in [-0.2, 0) is 21.7 Å². The maximum Gasteiger partial charge on any atom is 0.394 e. The van der Waals surface area contributed by atoms with E-state index in [1.54, 1.807) is 0 Å². The molecule has 0 bridgehead atoms. The molecular weight excluding hydrogens is 224 g/mol. The van der Waals surface area contributed by atoms with Gasteiger partial charge in [-0.15, -0.1) is 0 Å². The Morgan fingerprint density at radius 1 is 1.20 bits per heavy atom. The Balaban J connectivity index is 0.000000195. The second-order valence-electron chi connectivity index (χ2n) is 2.71. The summed E-state index contributed by atoms with van der Waals surface area (Å²) < 4.78 is 31.6. The zero-order chi connectivity index (χ0) is 11.3. The van der Waals surface area contributed by atoms with Crippen molar-refractivity contribution in [2.45, 2.75) is 6.42 Å². The second kappa shape index (κ2) is 5.08. The lowest BCUT2D eigenvalue weighted by Gasteiger charge is -2.14. The Kier molecular flexibility index (Phi) is 4.04. The van der Waals surface area contributed by atoms with E-state index in [0.717, 1.165) is 12.2 Å². The van der Waals surface area contributed by atoms with Crippen molar-refractivity contribution in [2.75, 3.05) is 6.61 Å². The molecule has 2 rings (SSSR count). The highest BCUT2D eigenvalue weighted by atomic mass is 32.3. The lowest BCUT2D eigenvalue weighted by molar-refractivity contribution is -0.215. The molecule has 0 amide bonds. The second-order valence-corrected chi connectivity index (χ2v) is 3.61. The topological polar surface area (TPSA) is 93.1 Å². The number of hydrogen-bond acceptors (Lipinski definition) is 4. The molecule has 6 nitrogen and oxygen atoms in total. The molecule has 0 unspecified atom stereocenters. The maximum atomic E-state index is 8.74. The van der Waals surface area contributed by atoms with E-state index < -0.39 is 10.4 Å². The van der Waals surface area contributed by atoms with Crippen molar-refractivity contribution in [3.63, 3.8) is 0 Å². The van der Waals surface area contributed by atoms with Crippen LogP contribution in [0.25, 0.3) is 0 Å². The number of fused-ring (bicyclic) bond motifs is 1. The highest BCUT2D eigenvalue weighted by Gasteiger charge is 2.08. The minimum Gasteiger partial charge on any atom is -0.337 e. The first-order valence-corrected chi connectivity index (χ1v) is 5.44. The SMILES string of the molecule is O=S(=O)(O)O.c1ccc2c(c1)CCOO2. The van der Waals surface area contributed by atoms with Gasteiger partial charge in [0.25, 0.3) is 0 Å². The van der Waals surface area contributed by atoms with Gasteiger partial charge in [0, 0.05) is 12.0 Å². The number of hydrogen-bond donors (Lipinski definition) is 2. The fraction of sp³-hybridized carbons (Fsp3) is 0.250. The van der Waals surface area contributed by atoms with Gasteiger partial charge in [0.05, 0.1) is 6.61 Å². The van der Waals surface area contributed by atoms with E-state index in [4.69, 9.17) is 27.3 Å². The molecule has 15 heavy (non-hydrogen) atoms. The summed E-state index contributed by atoms with van der Waals surface area (Å²) in [6.45, 7) is 0.664. The van der Waals surface area contributed by atoms with Gasteiger partial charge in [-0.2, -0.15) is 13.3 Å². The van der Waals surface area contributed by atoms with Gasteiger partial charge in [0.15, 0.2) is 5.75 Å². The van der Waals surface area contributed by atoms with Crippen molar-refractivity contribution in [3.8, 4) is 5.75 Å². The van der Waals surface area contributed by atoms with Gasteiger partial charge in [-0.1, -0.05) is 18.2 Å². The van der Waals surface area contributed by atoms with Crippen molar-refractivity contribution < 1.29 is 27.3 Å². The Hall–Kier alpha value is -1.15.